The van der Waals surface area contributed by atoms with Crippen LogP contribution in [0.5, 0.6) is 0 Å². The Kier molecular flexibility index (Phi) is 3.30. The van der Waals surface area contributed by atoms with E-state index in [1.54, 1.807) is 0 Å². The highest BCUT2D eigenvalue weighted by Gasteiger charge is 2.49. The van der Waals surface area contributed by atoms with Gasteiger partial charge in [-0.1, -0.05) is 42.5 Å². The molecule has 0 unspecified atom stereocenters. The second-order valence-corrected chi connectivity index (χ2v) is 5.41. The van der Waals surface area contributed by atoms with Crippen molar-refractivity contribution in [3.8, 4) is 0 Å². The van der Waals surface area contributed by atoms with E-state index in [9.17, 15) is 14.7 Å². The van der Waals surface area contributed by atoms with Crippen LogP contribution in [0.1, 0.15) is 12.0 Å². The van der Waals surface area contributed by atoms with Gasteiger partial charge in [-0.2, -0.15) is 0 Å². The molecule has 0 saturated heterocycles. The number of hydrogen-bond donors (Lipinski definition) is 0. The van der Waals surface area contributed by atoms with Gasteiger partial charge in [0.15, 0.2) is 0 Å². The number of rotatable bonds is 4. The second-order valence-electron chi connectivity index (χ2n) is 5.41. The van der Waals surface area contributed by atoms with E-state index in [-0.39, 0.29) is 18.4 Å². The predicted octanol–water partition coefficient (Wildman–Crippen LogP) is 0.918. The van der Waals surface area contributed by atoms with Crippen molar-refractivity contribution in [1.29, 1.82) is 0 Å². The molecule has 4 heteroatoms. The topological polar surface area (TPSA) is 66.4 Å². The Hall–Kier alpha value is -2.10. The smallest absolute Gasteiger partial charge is 0.310 e. The highest BCUT2D eigenvalue weighted by Crippen LogP contribution is 2.48. The average molecular weight is 271 g/mol. The Balaban J connectivity index is 1.68. The molecular weight excluding hydrogens is 256 g/mol. The standard InChI is InChI=1S/C16H16O4/c17-15(18)13-11-6-7-12(8-11)14(13)16(19)20-9-10-4-2-1-3-5-10/h1-7,11-14H,8-9H2,(H,17,18)/p-1/t11-,12+,13-,14-/m0/s1. The van der Waals surface area contributed by atoms with Gasteiger partial charge in [0.1, 0.15) is 6.61 Å². The molecule has 0 N–H and O–H groups in total. The molecule has 104 valence electrons. The number of aliphatic carboxylic acids is 1. The number of carbonyl (C=O) groups excluding carboxylic acids is 2. The molecule has 0 aliphatic heterocycles. The molecule has 1 saturated carbocycles. The third-order valence-electron chi connectivity index (χ3n) is 4.23. The molecule has 20 heavy (non-hydrogen) atoms. The fourth-order valence-corrected chi connectivity index (χ4v) is 3.29. The Bertz CT molecular complexity index is 549. The van der Waals surface area contributed by atoms with E-state index in [0.717, 1.165) is 5.56 Å². The molecule has 0 aromatic heterocycles. The number of carbonyl (C=O) groups is 2. The SMILES string of the molecule is O=C(OCc1ccccc1)[C@@H]1[C@@H](C(=O)[O-])[C@H]2C=C[C@@H]1C2. The number of carboxylic acids is 1. The summed E-state index contributed by atoms with van der Waals surface area (Å²) in [5, 5.41) is 11.2. The van der Waals surface area contributed by atoms with Crippen molar-refractivity contribution in [2.45, 2.75) is 13.0 Å². The fourth-order valence-electron chi connectivity index (χ4n) is 3.29. The molecule has 2 aliphatic rings. The van der Waals surface area contributed by atoms with E-state index in [2.05, 4.69) is 0 Å². The Morgan fingerprint density at radius 2 is 1.75 bits per heavy atom. The van der Waals surface area contributed by atoms with Gasteiger partial charge < -0.3 is 14.6 Å². The molecule has 1 aromatic carbocycles. The van der Waals surface area contributed by atoms with Crippen molar-refractivity contribution >= 4 is 11.9 Å². The van der Waals surface area contributed by atoms with Gasteiger partial charge in [0, 0.05) is 11.9 Å². The van der Waals surface area contributed by atoms with Crippen LogP contribution < -0.4 is 5.11 Å². The molecule has 4 nitrogen and oxygen atoms in total. The monoisotopic (exact) mass is 271 g/mol. The summed E-state index contributed by atoms with van der Waals surface area (Å²) < 4.78 is 5.28. The van der Waals surface area contributed by atoms with Crippen LogP contribution in [0.15, 0.2) is 42.5 Å². The minimum atomic E-state index is -1.15. The maximum atomic E-state index is 12.2. The average Bonchev–Trinajstić information content (AvgIpc) is 3.06. The lowest BCUT2D eigenvalue weighted by atomic mass is 9.83. The van der Waals surface area contributed by atoms with Crippen molar-refractivity contribution < 1.29 is 19.4 Å². The first-order valence-corrected chi connectivity index (χ1v) is 6.76. The lowest BCUT2D eigenvalue weighted by molar-refractivity contribution is -0.314. The lowest BCUT2D eigenvalue weighted by Crippen LogP contribution is -2.41. The third kappa shape index (κ3) is 2.22. The summed E-state index contributed by atoms with van der Waals surface area (Å²) in [6.45, 7) is 0.178. The highest BCUT2D eigenvalue weighted by molar-refractivity contribution is 5.82. The zero-order valence-electron chi connectivity index (χ0n) is 10.9. The quantitative estimate of drug-likeness (QED) is 0.603. The molecule has 4 atom stereocenters. The first kappa shape index (κ1) is 12.9. The number of esters is 1. The molecule has 1 aromatic rings. The highest BCUT2D eigenvalue weighted by atomic mass is 16.5. The molecule has 3 rings (SSSR count). The first-order chi connectivity index (χ1) is 9.66. The van der Waals surface area contributed by atoms with Crippen LogP contribution >= 0.6 is 0 Å². The molecule has 0 amide bonds. The van der Waals surface area contributed by atoms with Crippen LogP contribution in [0, 0.1) is 23.7 Å². The summed E-state index contributed by atoms with van der Waals surface area (Å²) in [5.41, 5.74) is 0.893. The first-order valence-electron chi connectivity index (χ1n) is 6.76. The van der Waals surface area contributed by atoms with E-state index < -0.39 is 23.8 Å². The molecule has 1 fully saturated rings. The molecular formula is C16H15O4-. The molecule has 0 heterocycles. The summed E-state index contributed by atoms with van der Waals surface area (Å²) in [7, 11) is 0. The van der Waals surface area contributed by atoms with E-state index >= 15 is 0 Å². The van der Waals surface area contributed by atoms with Crippen LogP contribution in [-0.4, -0.2) is 11.9 Å². The van der Waals surface area contributed by atoms with Gasteiger partial charge >= 0.3 is 5.97 Å². The minimum Gasteiger partial charge on any atom is -0.550 e. The van der Waals surface area contributed by atoms with E-state index in [4.69, 9.17) is 4.74 Å². The Morgan fingerprint density at radius 3 is 2.40 bits per heavy atom. The summed E-state index contributed by atoms with van der Waals surface area (Å²) in [5.74, 6) is -3.03. The van der Waals surface area contributed by atoms with Crippen molar-refractivity contribution in [2.75, 3.05) is 0 Å². The zero-order valence-corrected chi connectivity index (χ0v) is 10.9. The molecule has 0 spiro atoms. The largest absolute Gasteiger partial charge is 0.550 e. The summed E-state index contributed by atoms with van der Waals surface area (Å²) >= 11 is 0. The number of hydrogen-bond acceptors (Lipinski definition) is 4. The van der Waals surface area contributed by atoms with Gasteiger partial charge in [-0.25, -0.2) is 0 Å². The molecule has 2 bridgehead atoms. The summed E-state index contributed by atoms with van der Waals surface area (Å²) in [6.07, 6.45) is 4.52. The fraction of sp³-hybridized carbons (Fsp3) is 0.375. The second kappa shape index (κ2) is 5.12. The van der Waals surface area contributed by atoms with Crippen molar-refractivity contribution in [1.82, 2.24) is 0 Å². The van der Waals surface area contributed by atoms with Crippen molar-refractivity contribution in [3.63, 3.8) is 0 Å². The Morgan fingerprint density at radius 1 is 1.10 bits per heavy atom. The maximum Gasteiger partial charge on any atom is 0.310 e. The van der Waals surface area contributed by atoms with Gasteiger partial charge in [0.05, 0.1) is 5.92 Å². The van der Waals surface area contributed by atoms with Gasteiger partial charge in [0.2, 0.25) is 0 Å². The molecule has 2 aliphatic carbocycles. The van der Waals surface area contributed by atoms with Crippen LogP contribution in [-0.2, 0) is 20.9 Å². The minimum absolute atomic E-state index is 0.0221. The van der Waals surface area contributed by atoms with Crippen molar-refractivity contribution in [3.05, 3.63) is 48.0 Å². The Labute approximate surface area is 117 Å². The van der Waals surface area contributed by atoms with Gasteiger partial charge in [0.25, 0.3) is 0 Å². The zero-order chi connectivity index (χ0) is 14.1. The van der Waals surface area contributed by atoms with E-state index in [1.165, 1.54) is 0 Å². The number of fused-ring (bicyclic) bond motifs is 2. The van der Waals surface area contributed by atoms with Gasteiger partial charge in [-0.3, -0.25) is 4.79 Å². The summed E-state index contributed by atoms with van der Waals surface area (Å²) in [4.78, 5) is 23.4. The predicted molar refractivity (Wildman–Crippen MR) is 69.0 cm³/mol. The normalized spacial score (nSPS) is 30.4. The number of ether oxygens (including phenoxy) is 1. The molecule has 0 radical (unpaired) electrons. The maximum absolute atomic E-state index is 12.2. The van der Waals surface area contributed by atoms with Crippen LogP contribution in [0.3, 0.4) is 0 Å². The number of benzene rings is 1. The van der Waals surface area contributed by atoms with Crippen LogP contribution in [0.2, 0.25) is 0 Å². The van der Waals surface area contributed by atoms with Crippen molar-refractivity contribution in [2.24, 2.45) is 23.7 Å². The third-order valence-corrected chi connectivity index (χ3v) is 4.23. The number of allylic oxidation sites excluding steroid dienone is 2. The van der Waals surface area contributed by atoms with Crippen LogP contribution in [0.25, 0.3) is 0 Å². The lowest BCUT2D eigenvalue weighted by Gasteiger charge is -2.27. The van der Waals surface area contributed by atoms with Crippen LogP contribution in [0.4, 0.5) is 0 Å². The summed E-state index contributed by atoms with van der Waals surface area (Å²) in [6, 6.07) is 9.35. The van der Waals surface area contributed by atoms with E-state index in [0.29, 0.717) is 6.42 Å². The number of carboxylic acid groups (broad SMARTS) is 1. The van der Waals surface area contributed by atoms with Gasteiger partial charge in [-0.15, -0.1) is 0 Å². The van der Waals surface area contributed by atoms with Gasteiger partial charge in [-0.05, 0) is 23.8 Å². The van der Waals surface area contributed by atoms with E-state index in [1.807, 2.05) is 42.5 Å².